The molecule has 1 aliphatic carbocycles. The van der Waals surface area contributed by atoms with E-state index in [0.717, 1.165) is 38.8 Å². The van der Waals surface area contributed by atoms with Crippen LogP contribution < -0.4 is 5.73 Å². The van der Waals surface area contributed by atoms with Crippen LogP contribution in [0.2, 0.25) is 0 Å². The summed E-state index contributed by atoms with van der Waals surface area (Å²) in [6, 6.07) is 0.272. The van der Waals surface area contributed by atoms with E-state index < -0.39 is 0 Å². The first-order valence-electron chi connectivity index (χ1n) is 7.97. The highest BCUT2D eigenvalue weighted by atomic mass is 16.2. The van der Waals surface area contributed by atoms with Crippen molar-refractivity contribution in [2.75, 3.05) is 26.2 Å². The Morgan fingerprint density at radius 2 is 2.10 bits per heavy atom. The van der Waals surface area contributed by atoms with Gasteiger partial charge in [-0.2, -0.15) is 0 Å². The fraction of sp³-hybridized carbons (Fsp3) is 0.867. The molecule has 2 N–H and O–H groups in total. The smallest absolute Gasteiger partial charge is 0.225 e. The number of piperazine rings is 1. The van der Waals surface area contributed by atoms with Gasteiger partial charge in [-0.3, -0.25) is 9.59 Å². The minimum Gasteiger partial charge on any atom is -0.339 e. The summed E-state index contributed by atoms with van der Waals surface area (Å²) in [5.41, 5.74) is 5.76. The SMILES string of the molecule is NCC1CCCC(C(=O)N2CCN3C(=O)CCC3C2)C1. The molecule has 0 spiro atoms. The minimum atomic E-state index is 0.168. The van der Waals surface area contributed by atoms with Crippen molar-refractivity contribution in [3.05, 3.63) is 0 Å². The summed E-state index contributed by atoms with van der Waals surface area (Å²) in [5.74, 6) is 1.26. The second-order valence-electron chi connectivity index (χ2n) is 6.53. The molecule has 3 atom stereocenters. The van der Waals surface area contributed by atoms with Crippen LogP contribution in [-0.4, -0.2) is 53.8 Å². The van der Waals surface area contributed by atoms with Gasteiger partial charge in [-0.1, -0.05) is 6.42 Å². The fourth-order valence-corrected chi connectivity index (χ4v) is 4.05. The van der Waals surface area contributed by atoms with Gasteiger partial charge in [0.05, 0.1) is 0 Å². The van der Waals surface area contributed by atoms with Crippen molar-refractivity contribution in [2.24, 2.45) is 17.6 Å². The van der Waals surface area contributed by atoms with E-state index in [-0.39, 0.29) is 17.9 Å². The highest BCUT2D eigenvalue weighted by molar-refractivity contribution is 5.81. The molecule has 3 fully saturated rings. The van der Waals surface area contributed by atoms with E-state index in [9.17, 15) is 9.59 Å². The molecule has 0 radical (unpaired) electrons. The molecular weight excluding hydrogens is 254 g/mol. The van der Waals surface area contributed by atoms with E-state index in [0.29, 0.717) is 31.3 Å². The zero-order valence-electron chi connectivity index (χ0n) is 12.1. The molecule has 2 amide bonds. The third-order valence-electron chi connectivity index (χ3n) is 5.27. The average molecular weight is 279 g/mol. The van der Waals surface area contributed by atoms with Gasteiger partial charge in [0.1, 0.15) is 0 Å². The van der Waals surface area contributed by atoms with Gasteiger partial charge in [0.15, 0.2) is 0 Å². The lowest BCUT2D eigenvalue weighted by Gasteiger charge is -2.40. The van der Waals surface area contributed by atoms with Crippen molar-refractivity contribution < 1.29 is 9.59 Å². The van der Waals surface area contributed by atoms with Crippen molar-refractivity contribution in [1.82, 2.24) is 9.80 Å². The average Bonchev–Trinajstić information content (AvgIpc) is 2.87. The maximum absolute atomic E-state index is 12.7. The number of hydrogen-bond acceptors (Lipinski definition) is 3. The van der Waals surface area contributed by atoms with Gasteiger partial charge < -0.3 is 15.5 Å². The maximum Gasteiger partial charge on any atom is 0.225 e. The zero-order chi connectivity index (χ0) is 14.1. The van der Waals surface area contributed by atoms with Crippen LogP contribution >= 0.6 is 0 Å². The second kappa shape index (κ2) is 5.72. The van der Waals surface area contributed by atoms with Crippen LogP contribution in [0.4, 0.5) is 0 Å². The molecule has 20 heavy (non-hydrogen) atoms. The second-order valence-corrected chi connectivity index (χ2v) is 6.53. The van der Waals surface area contributed by atoms with Gasteiger partial charge in [-0.05, 0) is 38.1 Å². The van der Waals surface area contributed by atoms with Crippen molar-refractivity contribution in [3.8, 4) is 0 Å². The van der Waals surface area contributed by atoms with Crippen molar-refractivity contribution in [1.29, 1.82) is 0 Å². The Morgan fingerprint density at radius 3 is 2.90 bits per heavy atom. The molecule has 0 aromatic rings. The van der Waals surface area contributed by atoms with E-state index in [4.69, 9.17) is 5.73 Å². The third kappa shape index (κ3) is 2.55. The molecule has 2 aliphatic heterocycles. The Balaban J connectivity index is 1.59. The van der Waals surface area contributed by atoms with E-state index >= 15 is 0 Å². The summed E-state index contributed by atoms with van der Waals surface area (Å²) in [6.45, 7) is 2.89. The lowest BCUT2D eigenvalue weighted by molar-refractivity contribution is -0.143. The number of amides is 2. The third-order valence-corrected chi connectivity index (χ3v) is 5.27. The molecule has 5 heteroatoms. The van der Waals surface area contributed by atoms with Crippen molar-refractivity contribution >= 4 is 11.8 Å². The largest absolute Gasteiger partial charge is 0.339 e. The molecule has 2 heterocycles. The topological polar surface area (TPSA) is 66.6 Å². The summed E-state index contributed by atoms with van der Waals surface area (Å²) in [4.78, 5) is 28.3. The Hall–Kier alpha value is -1.10. The quantitative estimate of drug-likeness (QED) is 0.804. The highest BCUT2D eigenvalue weighted by Crippen LogP contribution is 2.31. The van der Waals surface area contributed by atoms with Gasteiger partial charge >= 0.3 is 0 Å². The van der Waals surface area contributed by atoms with Gasteiger partial charge in [-0.25, -0.2) is 0 Å². The molecule has 3 rings (SSSR count). The Labute approximate surface area is 120 Å². The van der Waals surface area contributed by atoms with Crippen LogP contribution in [0.3, 0.4) is 0 Å². The van der Waals surface area contributed by atoms with E-state index in [1.54, 1.807) is 0 Å². The van der Waals surface area contributed by atoms with Crippen LogP contribution in [-0.2, 0) is 9.59 Å². The van der Waals surface area contributed by atoms with Crippen LogP contribution in [0, 0.1) is 11.8 Å². The molecule has 1 saturated carbocycles. The Bertz CT molecular complexity index is 399. The summed E-state index contributed by atoms with van der Waals surface area (Å²) in [6.07, 6.45) is 5.84. The van der Waals surface area contributed by atoms with Crippen LogP contribution in [0.1, 0.15) is 38.5 Å². The number of nitrogens with zero attached hydrogens (tertiary/aromatic N) is 2. The van der Waals surface area contributed by atoms with Gasteiger partial charge in [0, 0.05) is 38.0 Å². The molecule has 0 aromatic carbocycles. The lowest BCUT2D eigenvalue weighted by atomic mass is 9.80. The van der Waals surface area contributed by atoms with Crippen LogP contribution in [0.15, 0.2) is 0 Å². The van der Waals surface area contributed by atoms with Crippen LogP contribution in [0.5, 0.6) is 0 Å². The van der Waals surface area contributed by atoms with Crippen molar-refractivity contribution in [2.45, 2.75) is 44.6 Å². The summed E-state index contributed by atoms with van der Waals surface area (Å²) >= 11 is 0. The molecule has 2 saturated heterocycles. The monoisotopic (exact) mass is 279 g/mol. The maximum atomic E-state index is 12.7. The predicted molar refractivity (Wildman–Crippen MR) is 75.8 cm³/mol. The highest BCUT2D eigenvalue weighted by Gasteiger charge is 2.38. The first-order chi connectivity index (χ1) is 9.69. The molecule has 5 nitrogen and oxygen atoms in total. The van der Waals surface area contributed by atoms with E-state index in [1.807, 2.05) is 9.80 Å². The Kier molecular flexibility index (Phi) is 3.96. The Morgan fingerprint density at radius 1 is 1.25 bits per heavy atom. The first kappa shape index (κ1) is 13.9. The lowest BCUT2D eigenvalue weighted by Crippen LogP contribution is -2.54. The number of nitrogens with two attached hydrogens (primary N) is 1. The minimum absolute atomic E-state index is 0.168. The molecular formula is C15H25N3O2. The number of carbonyl (C=O) groups excluding carboxylic acids is 2. The summed E-state index contributed by atoms with van der Waals surface area (Å²) in [5, 5.41) is 0. The van der Waals surface area contributed by atoms with Gasteiger partial charge in [0.2, 0.25) is 11.8 Å². The molecule has 3 aliphatic rings. The van der Waals surface area contributed by atoms with Gasteiger partial charge in [0.25, 0.3) is 0 Å². The molecule has 112 valence electrons. The molecule has 3 unspecified atom stereocenters. The summed E-state index contributed by atoms with van der Waals surface area (Å²) < 4.78 is 0. The standard InChI is InChI=1S/C15H25N3O2/c16-9-11-2-1-3-12(8-11)15(20)17-6-7-18-13(10-17)4-5-14(18)19/h11-13H,1-10,16H2. The van der Waals surface area contributed by atoms with E-state index in [2.05, 4.69) is 0 Å². The number of carbonyl (C=O) groups is 2. The fourth-order valence-electron chi connectivity index (χ4n) is 4.05. The zero-order valence-corrected chi connectivity index (χ0v) is 12.1. The first-order valence-corrected chi connectivity index (χ1v) is 7.97. The predicted octanol–water partition coefficient (Wildman–Crippen LogP) is 0.585. The van der Waals surface area contributed by atoms with Crippen LogP contribution in [0.25, 0.3) is 0 Å². The number of fused-ring (bicyclic) bond motifs is 1. The number of hydrogen-bond donors (Lipinski definition) is 1. The normalized spacial score (nSPS) is 34.2. The van der Waals surface area contributed by atoms with Crippen molar-refractivity contribution in [3.63, 3.8) is 0 Å². The molecule has 0 aromatic heterocycles. The van der Waals surface area contributed by atoms with Gasteiger partial charge in [-0.15, -0.1) is 0 Å². The molecule has 0 bridgehead atoms. The summed E-state index contributed by atoms with van der Waals surface area (Å²) in [7, 11) is 0. The number of rotatable bonds is 2. The van der Waals surface area contributed by atoms with E-state index in [1.165, 1.54) is 6.42 Å².